The third kappa shape index (κ3) is 4.20. The number of hydrogen-bond acceptors (Lipinski definition) is 5. The number of carbonyl (C=O) groups is 1. The summed E-state index contributed by atoms with van der Waals surface area (Å²) in [5.74, 6) is -0.448. The summed E-state index contributed by atoms with van der Waals surface area (Å²) in [6.45, 7) is 5.81. The maximum Gasteiger partial charge on any atom is 0.338 e. The number of rotatable bonds is 4. The van der Waals surface area contributed by atoms with Gasteiger partial charge in [-0.25, -0.2) is 9.79 Å². The van der Waals surface area contributed by atoms with Crippen LogP contribution in [0.2, 0.25) is 0 Å². The van der Waals surface area contributed by atoms with Crippen molar-refractivity contribution in [1.29, 1.82) is 0 Å². The molecular formula is C24H21BrN2O3S. The Morgan fingerprint density at radius 3 is 2.48 bits per heavy atom. The van der Waals surface area contributed by atoms with E-state index in [0.29, 0.717) is 20.6 Å². The van der Waals surface area contributed by atoms with Crippen LogP contribution >= 0.6 is 27.3 Å². The van der Waals surface area contributed by atoms with Crippen LogP contribution in [0.15, 0.2) is 74.1 Å². The summed E-state index contributed by atoms with van der Waals surface area (Å²) in [6, 6.07) is 15.0. The molecule has 0 radical (unpaired) electrons. The van der Waals surface area contributed by atoms with Crippen LogP contribution in [0.4, 0.5) is 0 Å². The van der Waals surface area contributed by atoms with Crippen LogP contribution < -0.4 is 14.9 Å². The zero-order valence-electron chi connectivity index (χ0n) is 17.4. The molecule has 0 fully saturated rings. The van der Waals surface area contributed by atoms with Crippen LogP contribution in [0.25, 0.3) is 6.08 Å². The number of aromatic nitrogens is 1. The molecule has 2 heterocycles. The van der Waals surface area contributed by atoms with Gasteiger partial charge in [0, 0.05) is 4.47 Å². The maximum absolute atomic E-state index is 13.5. The molecule has 2 aromatic carbocycles. The minimum absolute atomic E-state index is 0.174. The lowest BCUT2D eigenvalue weighted by molar-refractivity contribution is -0.139. The Hall–Kier alpha value is -2.77. The number of aryl methyl sites for hydroxylation is 1. The van der Waals surface area contributed by atoms with Crippen molar-refractivity contribution in [3.63, 3.8) is 0 Å². The van der Waals surface area contributed by atoms with Crippen molar-refractivity contribution in [2.45, 2.75) is 26.8 Å². The summed E-state index contributed by atoms with van der Waals surface area (Å²) in [5.41, 5.74) is 3.66. The van der Waals surface area contributed by atoms with Gasteiger partial charge in [0.2, 0.25) is 0 Å². The highest BCUT2D eigenvalue weighted by Crippen LogP contribution is 2.30. The van der Waals surface area contributed by atoms with Gasteiger partial charge in [-0.2, -0.15) is 0 Å². The van der Waals surface area contributed by atoms with E-state index in [1.807, 2.05) is 61.5 Å². The van der Waals surface area contributed by atoms with Gasteiger partial charge in [0.1, 0.15) is 0 Å². The monoisotopic (exact) mass is 496 g/mol. The van der Waals surface area contributed by atoms with Gasteiger partial charge in [0.05, 0.1) is 28.5 Å². The number of thiazole rings is 1. The second-order valence-electron chi connectivity index (χ2n) is 7.26. The van der Waals surface area contributed by atoms with Crippen molar-refractivity contribution >= 4 is 39.3 Å². The first-order chi connectivity index (χ1) is 14.9. The number of ether oxygens (including phenoxy) is 1. The van der Waals surface area contributed by atoms with Crippen molar-refractivity contribution in [1.82, 2.24) is 4.57 Å². The summed E-state index contributed by atoms with van der Waals surface area (Å²) in [4.78, 5) is 31.5. The summed E-state index contributed by atoms with van der Waals surface area (Å²) >= 11 is 4.75. The lowest BCUT2D eigenvalue weighted by Gasteiger charge is -2.24. The predicted molar refractivity (Wildman–Crippen MR) is 126 cm³/mol. The number of nitrogens with zero attached hydrogens (tertiary/aromatic N) is 2. The highest BCUT2D eigenvalue weighted by atomic mass is 79.9. The summed E-state index contributed by atoms with van der Waals surface area (Å²) in [6.07, 6.45) is 1.85. The molecule has 1 aliphatic heterocycles. The zero-order chi connectivity index (χ0) is 22.1. The lowest BCUT2D eigenvalue weighted by Crippen LogP contribution is -2.39. The molecule has 1 aliphatic rings. The fourth-order valence-corrected chi connectivity index (χ4v) is 4.88. The molecule has 0 unspecified atom stereocenters. The molecular weight excluding hydrogens is 476 g/mol. The summed E-state index contributed by atoms with van der Waals surface area (Å²) in [5, 5.41) is 0. The molecule has 5 nitrogen and oxygen atoms in total. The first-order valence-electron chi connectivity index (χ1n) is 9.91. The van der Waals surface area contributed by atoms with Crippen molar-refractivity contribution in [2.24, 2.45) is 4.99 Å². The zero-order valence-corrected chi connectivity index (χ0v) is 19.8. The Morgan fingerprint density at radius 2 is 1.84 bits per heavy atom. The topological polar surface area (TPSA) is 60.7 Å². The smallest absolute Gasteiger partial charge is 0.338 e. The molecule has 4 rings (SSSR count). The summed E-state index contributed by atoms with van der Waals surface area (Å²) in [7, 11) is 0. The summed E-state index contributed by atoms with van der Waals surface area (Å²) < 4.78 is 8.46. The molecule has 0 amide bonds. The number of esters is 1. The second-order valence-corrected chi connectivity index (χ2v) is 9.19. The van der Waals surface area contributed by atoms with Gasteiger partial charge in [-0.15, -0.1) is 0 Å². The van der Waals surface area contributed by atoms with E-state index in [1.165, 1.54) is 11.3 Å². The van der Waals surface area contributed by atoms with Gasteiger partial charge >= 0.3 is 5.97 Å². The Morgan fingerprint density at radius 1 is 1.16 bits per heavy atom. The Balaban J connectivity index is 1.94. The molecule has 1 atom stereocenters. The van der Waals surface area contributed by atoms with E-state index in [2.05, 4.69) is 20.9 Å². The number of fused-ring (bicyclic) bond motifs is 1. The second kappa shape index (κ2) is 8.77. The standard InChI is InChI=1S/C24H21BrN2O3S/c1-4-30-23(29)20-15(3)26-24-27(21(20)17-9-5-14(2)6-10-17)22(28)19(31-24)13-16-7-11-18(25)12-8-16/h5-13,21H,4H2,1-3H3/b19-13-/t21-/m0/s1. The first-order valence-corrected chi connectivity index (χ1v) is 11.5. The molecule has 7 heteroatoms. The van der Waals surface area contributed by atoms with Gasteiger partial charge in [-0.3, -0.25) is 9.36 Å². The average molecular weight is 497 g/mol. The van der Waals surface area contributed by atoms with E-state index >= 15 is 0 Å². The van der Waals surface area contributed by atoms with Crippen molar-refractivity contribution < 1.29 is 9.53 Å². The van der Waals surface area contributed by atoms with E-state index < -0.39 is 12.0 Å². The number of halogens is 1. The van der Waals surface area contributed by atoms with Gasteiger partial charge in [0.25, 0.3) is 5.56 Å². The molecule has 3 aromatic rings. The van der Waals surface area contributed by atoms with E-state index in [1.54, 1.807) is 18.4 Å². The molecule has 0 spiro atoms. The highest BCUT2D eigenvalue weighted by molar-refractivity contribution is 9.10. The molecule has 158 valence electrons. The molecule has 0 bridgehead atoms. The SMILES string of the molecule is CCOC(=O)C1=C(C)N=c2s/c(=C\c3ccc(Br)cc3)c(=O)n2[C@H]1c1ccc(C)cc1. The first kappa shape index (κ1) is 21.5. The third-order valence-electron chi connectivity index (χ3n) is 5.08. The average Bonchev–Trinajstić information content (AvgIpc) is 3.04. The van der Waals surface area contributed by atoms with Crippen LogP contribution in [-0.4, -0.2) is 17.1 Å². The Bertz CT molecular complexity index is 1350. The minimum Gasteiger partial charge on any atom is -0.463 e. The van der Waals surface area contributed by atoms with Crippen molar-refractivity contribution in [3.8, 4) is 0 Å². The van der Waals surface area contributed by atoms with Crippen LogP contribution in [0.1, 0.15) is 36.6 Å². The van der Waals surface area contributed by atoms with E-state index in [-0.39, 0.29) is 12.2 Å². The number of benzene rings is 2. The molecule has 0 aliphatic carbocycles. The van der Waals surface area contributed by atoms with Crippen LogP contribution in [-0.2, 0) is 9.53 Å². The third-order valence-corrected chi connectivity index (χ3v) is 6.59. The predicted octanol–water partition coefficient (Wildman–Crippen LogP) is 3.87. The van der Waals surface area contributed by atoms with E-state index in [4.69, 9.17) is 4.74 Å². The van der Waals surface area contributed by atoms with Crippen LogP contribution in [0.3, 0.4) is 0 Å². The largest absolute Gasteiger partial charge is 0.463 e. The molecule has 0 saturated heterocycles. The number of hydrogen-bond donors (Lipinski definition) is 0. The quantitative estimate of drug-likeness (QED) is 0.515. The molecule has 0 saturated carbocycles. The Kier molecular flexibility index (Phi) is 6.07. The van der Waals surface area contributed by atoms with Gasteiger partial charge in [-0.1, -0.05) is 69.2 Å². The van der Waals surface area contributed by atoms with Crippen LogP contribution in [0, 0.1) is 6.92 Å². The molecule has 1 aromatic heterocycles. The molecule has 0 N–H and O–H groups in total. The number of allylic oxidation sites excluding steroid dienone is 1. The normalized spacial score (nSPS) is 16.1. The van der Waals surface area contributed by atoms with E-state index in [9.17, 15) is 9.59 Å². The lowest BCUT2D eigenvalue weighted by atomic mass is 9.95. The minimum atomic E-state index is -0.581. The van der Waals surface area contributed by atoms with E-state index in [0.717, 1.165) is 21.2 Å². The van der Waals surface area contributed by atoms with Crippen LogP contribution in [0.5, 0.6) is 0 Å². The molecule has 31 heavy (non-hydrogen) atoms. The van der Waals surface area contributed by atoms with Gasteiger partial charge in [-0.05, 0) is 50.1 Å². The van der Waals surface area contributed by atoms with Gasteiger partial charge < -0.3 is 4.74 Å². The highest BCUT2D eigenvalue weighted by Gasteiger charge is 2.33. The van der Waals surface area contributed by atoms with Crippen molar-refractivity contribution in [3.05, 3.63) is 101 Å². The fourth-order valence-electron chi connectivity index (χ4n) is 3.57. The maximum atomic E-state index is 13.5. The number of carbonyl (C=O) groups excluding carboxylic acids is 1. The van der Waals surface area contributed by atoms with Gasteiger partial charge in [0.15, 0.2) is 4.80 Å². The fraction of sp³-hybridized carbons (Fsp3) is 0.208. The van der Waals surface area contributed by atoms with Crippen molar-refractivity contribution in [2.75, 3.05) is 6.61 Å². The Labute approximate surface area is 192 Å².